The lowest BCUT2D eigenvalue weighted by molar-refractivity contribution is -0.136. The van der Waals surface area contributed by atoms with Crippen LogP contribution in [0.3, 0.4) is 0 Å². The molecule has 3 aromatic carbocycles. The molecule has 0 saturated carbocycles. The van der Waals surface area contributed by atoms with Crippen molar-refractivity contribution < 1.29 is 14.7 Å². The number of para-hydroxylation sites is 1. The molecule has 26 heavy (non-hydrogen) atoms. The van der Waals surface area contributed by atoms with E-state index in [1.54, 1.807) is 12.1 Å². The Morgan fingerprint density at radius 3 is 2.38 bits per heavy atom. The summed E-state index contributed by atoms with van der Waals surface area (Å²) in [5, 5.41) is 17.4. The minimum Gasteiger partial charge on any atom is -0.387 e. The van der Waals surface area contributed by atoms with Gasteiger partial charge in [0, 0.05) is 12.2 Å². The average Bonchev–Trinajstić information content (AvgIpc) is 2.67. The summed E-state index contributed by atoms with van der Waals surface area (Å²) in [5.41, 5.74) is 2.14. The maximum Gasteiger partial charge on any atom is 0.313 e. The largest absolute Gasteiger partial charge is 0.387 e. The Morgan fingerprint density at radius 1 is 0.923 bits per heavy atom. The Kier molecular flexibility index (Phi) is 5.29. The zero-order valence-electron chi connectivity index (χ0n) is 14.4. The molecule has 0 heterocycles. The Balaban J connectivity index is 1.59. The second kappa shape index (κ2) is 7.80. The predicted molar refractivity (Wildman–Crippen MR) is 102 cm³/mol. The number of aliphatic hydroxyl groups excluding tert-OH is 1. The SMILES string of the molecule is Cc1ccccc1NC(=O)C(=O)NCC(O)c1ccc2ccccc2c1. The molecule has 0 aromatic heterocycles. The molecule has 1 atom stereocenters. The molecule has 0 saturated heterocycles. The van der Waals surface area contributed by atoms with Gasteiger partial charge < -0.3 is 15.7 Å². The highest BCUT2D eigenvalue weighted by molar-refractivity contribution is 6.39. The molecule has 0 aliphatic rings. The standard InChI is InChI=1S/C21H20N2O3/c1-14-6-2-5-9-18(14)23-21(26)20(25)22-13-19(24)17-11-10-15-7-3-4-8-16(15)12-17/h2-12,19,24H,13H2,1H3,(H,22,25)(H,23,26). The van der Waals surface area contributed by atoms with Gasteiger partial charge in [0.15, 0.2) is 0 Å². The molecule has 3 rings (SSSR count). The smallest absolute Gasteiger partial charge is 0.313 e. The molecular weight excluding hydrogens is 328 g/mol. The second-order valence-corrected chi connectivity index (χ2v) is 6.10. The molecule has 1 unspecified atom stereocenters. The van der Waals surface area contributed by atoms with Gasteiger partial charge in [-0.2, -0.15) is 0 Å². The fraction of sp³-hybridized carbons (Fsp3) is 0.143. The van der Waals surface area contributed by atoms with E-state index in [4.69, 9.17) is 0 Å². The zero-order valence-corrected chi connectivity index (χ0v) is 14.4. The highest BCUT2D eigenvalue weighted by Crippen LogP contribution is 2.20. The first-order valence-corrected chi connectivity index (χ1v) is 8.36. The number of anilines is 1. The summed E-state index contributed by atoms with van der Waals surface area (Å²) in [5.74, 6) is -1.54. The summed E-state index contributed by atoms with van der Waals surface area (Å²) >= 11 is 0. The van der Waals surface area contributed by atoms with E-state index in [1.165, 1.54) is 0 Å². The third-order valence-corrected chi connectivity index (χ3v) is 4.21. The lowest BCUT2D eigenvalue weighted by atomic mass is 10.0. The molecule has 5 nitrogen and oxygen atoms in total. The number of carbonyl (C=O) groups is 2. The number of hydrogen-bond acceptors (Lipinski definition) is 3. The first-order valence-electron chi connectivity index (χ1n) is 8.36. The van der Waals surface area contributed by atoms with Crippen molar-refractivity contribution in [3.8, 4) is 0 Å². The summed E-state index contributed by atoms with van der Waals surface area (Å²) < 4.78 is 0. The van der Waals surface area contributed by atoms with Crippen LogP contribution in [0.1, 0.15) is 17.2 Å². The molecule has 0 aliphatic heterocycles. The number of fused-ring (bicyclic) bond motifs is 1. The number of hydrogen-bond donors (Lipinski definition) is 3. The quantitative estimate of drug-likeness (QED) is 0.634. The van der Waals surface area contributed by atoms with Gasteiger partial charge in [-0.05, 0) is 41.0 Å². The Bertz CT molecular complexity index is 953. The van der Waals surface area contributed by atoms with E-state index in [2.05, 4.69) is 10.6 Å². The van der Waals surface area contributed by atoms with Crippen LogP contribution in [-0.4, -0.2) is 23.5 Å². The van der Waals surface area contributed by atoms with Gasteiger partial charge >= 0.3 is 11.8 Å². The number of nitrogens with one attached hydrogen (secondary N) is 2. The normalized spacial score (nSPS) is 11.8. The van der Waals surface area contributed by atoms with E-state index in [0.717, 1.165) is 16.3 Å². The van der Waals surface area contributed by atoms with Crippen molar-refractivity contribution in [1.29, 1.82) is 0 Å². The van der Waals surface area contributed by atoms with Crippen molar-refractivity contribution in [3.05, 3.63) is 77.9 Å². The summed E-state index contributed by atoms with van der Waals surface area (Å²) in [6.45, 7) is 1.80. The molecule has 5 heteroatoms. The van der Waals surface area contributed by atoms with Gasteiger partial charge in [-0.3, -0.25) is 9.59 Å². The summed E-state index contributed by atoms with van der Waals surface area (Å²) in [7, 11) is 0. The number of benzene rings is 3. The summed E-state index contributed by atoms with van der Waals surface area (Å²) in [4.78, 5) is 24.0. The highest BCUT2D eigenvalue weighted by Gasteiger charge is 2.16. The van der Waals surface area contributed by atoms with Gasteiger partial charge in [0.2, 0.25) is 0 Å². The van der Waals surface area contributed by atoms with Crippen LogP contribution in [0.15, 0.2) is 66.7 Å². The van der Waals surface area contributed by atoms with Crippen molar-refractivity contribution in [2.45, 2.75) is 13.0 Å². The van der Waals surface area contributed by atoms with Crippen LogP contribution in [-0.2, 0) is 9.59 Å². The third-order valence-electron chi connectivity index (χ3n) is 4.21. The number of carbonyl (C=O) groups excluding carboxylic acids is 2. The van der Waals surface area contributed by atoms with Crippen LogP contribution in [0.2, 0.25) is 0 Å². The summed E-state index contributed by atoms with van der Waals surface area (Å²) in [6.07, 6.45) is -0.894. The van der Waals surface area contributed by atoms with Crippen LogP contribution >= 0.6 is 0 Å². The van der Waals surface area contributed by atoms with E-state index in [1.807, 2.05) is 61.5 Å². The molecule has 0 radical (unpaired) electrons. The van der Waals surface area contributed by atoms with Gasteiger partial charge in [0.25, 0.3) is 0 Å². The van der Waals surface area contributed by atoms with Crippen molar-refractivity contribution in [1.82, 2.24) is 5.32 Å². The van der Waals surface area contributed by atoms with Crippen LogP contribution in [0.4, 0.5) is 5.69 Å². The van der Waals surface area contributed by atoms with Gasteiger partial charge in [0.05, 0.1) is 6.10 Å². The maximum absolute atomic E-state index is 12.0. The Hall–Kier alpha value is -3.18. The van der Waals surface area contributed by atoms with Crippen molar-refractivity contribution >= 4 is 28.3 Å². The van der Waals surface area contributed by atoms with Crippen LogP contribution in [0.5, 0.6) is 0 Å². The molecule has 3 N–H and O–H groups in total. The number of rotatable bonds is 4. The lowest BCUT2D eigenvalue weighted by Crippen LogP contribution is -2.37. The van der Waals surface area contributed by atoms with Gasteiger partial charge in [0.1, 0.15) is 0 Å². The first-order chi connectivity index (χ1) is 12.5. The molecule has 2 amide bonds. The Morgan fingerprint density at radius 2 is 1.62 bits per heavy atom. The zero-order chi connectivity index (χ0) is 18.5. The fourth-order valence-corrected chi connectivity index (χ4v) is 2.69. The number of amides is 2. The molecule has 132 valence electrons. The second-order valence-electron chi connectivity index (χ2n) is 6.10. The molecule has 0 bridgehead atoms. The Labute approximate surface area is 151 Å². The van der Waals surface area contributed by atoms with E-state index >= 15 is 0 Å². The average molecular weight is 348 g/mol. The van der Waals surface area contributed by atoms with Gasteiger partial charge in [-0.25, -0.2) is 0 Å². The van der Waals surface area contributed by atoms with Crippen molar-refractivity contribution in [3.63, 3.8) is 0 Å². The van der Waals surface area contributed by atoms with Gasteiger partial charge in [-0.1, -0.05) is 54.6 Å². The predicted octanol–water partition coefficient (Wildman–Crippen LogP) is 2.94. The monoisotopic (exact) mass is 348 g/mol. The lowest BCUT2D eigenvalue weighted by Gasteiger charge is -2.13. The molecular formula is C21H20N2O3. The van der Waals surface area contributed by atoms with E-state index in [0.29, 0.717) is 11.3 Å². The van der Waals surface area contributed by atoms with Crippen molar-refractivity contribution in [2.75, 3.05) is 11.9 Å². The molecule has 0 aliphatic carbocycles. The summed E-state index contributed by atoms with van der Waals surface area (Å²) in [6, 6.07) is 20.6. The minimum absolute atomic E-state index is 0.0433. The number of aliphatic hydroxyl groups is 1. The van der Waals surface area contributed by atoms with Crippen LogP contribution in [0.25, 0.3) is 10.8 Å². The maximum atomic E-state index is 12.0. The van der Waals surface area contributed by atoms with E-state index in [-0.39, 0.29) is 6.54 Å². The highest BCUT2D eigenvalue weighted by atomic mass is 16.3. The van der Waals surface area contributed by atoms with Crippen LogP contribution < -0.4 is 10.6 Å². The molecule has 3 aromatic rings. The minimum atomic E-state index is -0.894. The first kappa shape index (κ1) is 17.6. The van der Waals surface area contributed by atoms with E-state index in [9.17, 15) is 14.7 Å². The third kappa shape index (κ3) is 4.07. The van der Waals surface area contributed by atoms with Crippen LogP contribution in [0, 0.1) is 6.92 Å². The van der Waals surface area contributed by atoms with E-state index < -0.39 is 17.9 Å². The van der Waals surface area contributed by atoms with Gasteiger partial charge in [-0.15, -0.1) is 0 Å². The van der Waals surface area contributed by atoms with Crippen molar-refractivity contribution in [2.24, 2.45) is 0 Å². The topological polar surface area (TPSA) is 78.4 Å². The molecule has 0 fully saturated rings. The molecule has 0 spiro atoms. The fourth-order valence-electron chi connectivity index (χ4n) is 2.69. The number of aryl methyl sites for hydroxylation is 1.